The number of benzene rings is 1. The molecule has 3 aromatic rings. The molecule has 3 rings (SSSR count). The maximum atomic E-state index is 12.1. The van der Waals surface area contributed by atoms with Gasteiger partial charge in [0.2, 0.25) is 5.91 Å². The summed E-state index contributed by atoms with van der Waals surface area (Å²) in [4.78, 5) is 24.1. The molecule has 1 N–H and O–H groups in total. The van der Waals surface area contributed by atoms with E-state index in [1.165, 1.54) is 4.40 Å². The molecule has 106 valence electrons. The van der Waals surface area contributed by atoms with E-state index in [9.17, 15) is 9.59 Å². The molecule has 21 heavy (non-hydrogen) atoms. The van der Waals surface area contributed by atoms with Gasteiger partial charge in [0.25, 0.3) is 0 Å². The lowest BCUT2D eigenvalue weighted by Gasteiger charge is -2.06. The number of carbonyl (C=O) groups excluding carboxylic acids is 1. The number of para-hydroxylation sites is 1. The van der Waals surface area contributed by atoms with Crippen molar-refractivity contribution in [1.29, 1.82) is 0 Å². The molecule has 0 saturated heterocycles. The van der Waals surface area contributed by atoms with E-state index in [0.29, 0.717) is 5.65 Å². The standard InChI is InChI=1S/C14H11IN4O2/c15-10-5-1-2-6-11(10)16-13(20)9-19-14(21)18-8-4-3-7-12(18)17-19/h1-8H,9H2,(H,16,20). The largest absolute Gasteiger partial charge is 0.350 e. The number of nitrogens with one attached hydrogen (secondary N) is 1. The van der Waals surface area contributed by atoms with Crippen molar-refractivity contribution in [3.8, 4) is 0 Å². The average molecular weight is 394 g/mol. The van der Waals surface area contributed by atoms with Gasteiger partial charge in [0.05, 0.1) is 5.69 Å². The van der Waals surface area contributed by atoms with Gasteiger partial charge in [-0.05, 0) is 46.9 Å². The maximum Gasteiger partial charge on any atom is 0.350 e. The van der Waals surface area contributed by atoms with Crippen molar-refractivity contribution in [2.45, 2.75) is 6.54 Å². The van der Waals surface area contributed by atoms with Crippen molar-refractivity contribution in [1.82, 2.24) is 14.2 Å². The second-order valence-corrected chi connectivity index (χ2v) is 5.56. The monoisotopic (exact) mass is 394 g/mol. The van der Waals surface area contributed by atoms with Crippen LogP contribution in [0.5, 0.6) is 0 Å². The van der Waals surface area contributed by atoms with Gasteiger partial charge in [0.1, 0.15) is 6.54 Å². The van der Waals surface area contributed by atoms with Crippen LogP contribution in [0.15, 0.2) is 53.5 Å². The molecular weight excluding hydrogens is 383 g/mol. The molecule has 2 aromatic heterocycles. The number of halogens is 1. The van der Waals surface area contributed by atoms with Crippen LogP contribution >= 0.6 is 22.6 Å². The van der Waals surface area contributed by atoms with Crippen molar-refractivity contribution >= 4 is 39.8 Å². The highest BCUT2D eigenvalue weighted by Gasteiger charge is 2.11. The molecule has 0 radical (unpaired) electrons. The number of pyridine rings is 1. The third-order valence-corrected chi connectivity index (χ3v) is 3.87. The predicted molar refractivity (Wildman–Crippen MR) is 87.2 cm³/mol. The molecule has 0 atom stereocenters. The zero-order valence-corrected chi connectivity index (χ0v) is 13.0. The molecule has 1 amide bonds. The van der Waals surface area contributed by atoms with Crippen LogP contribution in [0, 0.1) is 3.57 Å². The number of carbonyl (C=O) groups is 1. The first-order valence-electron chi connectivity index (χ1n) is 6.24. The molecule has 0 aliphatic carbocycles. The summed E-state index contributed by atoms with van der Waals surface area (Å²) in [5, 5.41) is 6.90. The molecule has 0 unspecified atom stereocenters. The van der Waals surface area contributed by atoms with Crippen LogP contribution in [0.1, 0.15) is 0 Å². The SMILES string of the molecule is O=C(Cn1nc2ccccn2c1=O)Nc1ccccc1I. The molecule has 0 bridgehead atoms. The van der Waals surface area contributed by atoms with Gasteiger partial charge in [0.15, 0.2) is 5.65 Å². The fraction of sp³-hybridized carbons (Fsp3) is 0.0714. The molecular formula is C14H11IN4O2. The number of amides is 1. The van der Waals surface area contributed by atoms with E-state index < -0.39 is 0 Å². The molecule has 0 spiro atoms. The van der Waals surface area contributed by atoms with Crippen molar-refractivity contribution in [2.75, 3.05) is 5.32 Å². The number of nitrogens with zero attached hydrogens (tertiary/aromatic N) is 3. The first-order chi connectivity index (χ1) is 10.1. The van der Waals surface area contributed by atoms with Crippen LogP contribution < -0.4 is 11.0 Å². The average Bonchev–Trinajstić information content (AvgIpc) is 2.78. The predicted octanol–water partition coefficient (Wildman–Crippen LogP) is 1.74. The van der Waals surface area contributed by atoms with E-state index in [1.54, 1.807) is 24.4 Å². The van der Waals surface area contributed by atoms with Gasteiger partial charge in [0, 0.05) is 9.77 Å². The summed E-state index contributed by atoms with van der Waals surface area (Å²) in [5.41, 5.74) is 0.910. The number of anilines is 1. The first-order valence-corrected chi connectivity index (χ1v) is 7.31. The summed E-state index contributed by atoms with van der Waals surface area (Å²) < 4.78 is 3.49. The quantitative estimate of drug-likeness (QED) is 0.689. The third kappa shape index (κ3) is 2.82. The Balaban J connectivity index is 1.82. The molecule has 0 aliphatic heterocycles. The first kappa shape index (κ1) is 13.8. The summed E-state index contributed by atoms with van der Waals surface area (Å²) in [6.07, 6.45) is 1.62. The van der Waals surface area contributed by atoms with Gasteiger partial charge < -0.3 is 5.32 Å². The van der Waals surface area contributed by atoms with E-state index in [-0.39, 0.29) is 18.1 Å². The zero-order valence-electron chi connectivity index (χ0n) is 10.9. The van der Waals surface area contributed by atoms with E-state index >= 15 is 0 Å². The number of fused-ring (bicyclic) bond motifs is 1. The Hall–Kier alpha value is -2.16. The van der Waals surface area contributed by atoms with Gasteiger partial charge in [-0.3, -0.25) is 9.20 Å². The molecule has 0 fully saturated rings. The van der Waals surface area contributed by atoms with Crippen molar-refractivity contribution < 1.29 is 4.79 Å². The van der Waals surface area contributed by atoms with Crippen LogP contribution in [-0.4, -0.2) is 20.1 Å². The molecule has 2 heterocycles. The summed E-state index contributed by atoms with van der Waals surface area (Å²) >= 11 is 2.14. The van der Waals surface area contributed by atoms with Crippen LogP contribution in [0.2, 0.25) is 0 Å². The van der Waals surface area contributed by atoms with E-state index in [0.717, 1.165) is 13.9 Å². The highest BCUT2D eigenvalue weighted by molar-refractivity contribution is 14.1. The summed E-state index contributed by atoms with van der Waals surface area (Å²) in [7, 11) is 0. The van der Waals surface area contributed by atoms with Gasteiger partial charge in [-0.2, -0.15) is 0 Å². The number of hydrogen-bond acceptors (Lipinski definition) is 3. The van der Waals surface area contributed by atoms with Crippen molar-refractivity contribution in [3.05, 3.63) is 62.7 Å². The highest BCUT2D eigenvalue weighted by Crippen LogP contribution is 2.16. The Morgan fingerprint density at radius 1 is 1.19 bits per heavy atom. The van der Waals surface area contributed by atoms with Crippen molar-refractivity contribution in [3.63, 3.8) is 0 Å². The summed E-state index contributed by atoms with van der Waals surface area (Å²) in [6, 6.07) is 12.7. The fourth-order valence-electron chi connectivity index (χ4n) is 1.96. The van der Waals surface area contributed by atoms with Crippen LogP contribution in [-0.2, 0) is 11.3 Å². The molecule has 1 aromatic carbocycles. The van der Waals surface area contributed by atoms with Crippen molar-refractivity contribution in [2.24, 2.45) is 0 Å². The second-order valence-electron chi connectivity index (χ2n) is 4.40. The Morgan fingerprint density at radius 2 is 1.95 bits per heavy atom. The second kappa shape index (κ2) is 5.68. The Bertz CT molecular complexity index is 869. The van der Waals surface area contributed by atoms with Gasteiger partial charge in [-0.25, -0.2) is 9.48 Å². The van der Waals surface area contributed by atoms with E-state index in [1.807, 2.05) is 24.3 Å². The molecule has 0 aliphatic rings. The summed E-state index contributed by atoms with van der Waals surface area (Å²) in [5.74, 6) is -0.287. The lowest BCUT2D eigenvalue weighted by Crippen LogP contribution is -2.28. The van der Waals surface area contributed by atoms with Gasteiger partial charge in [-0.15, -0.1) is 5.10 Å². The lowest BCUT2D eigenvalue weighted by atomic mass is 10.3. The van der Waals surface area contributed by atoms with E-state index in [2.05, 4.69) is 33.0 Å². The molecule has 7 heteroatoms. The Morgan fingerprint density at radius 3 is 2.71 bits per heavy atom. The fourth-order valence-corrected chi connectivity index (χ4v) is 2.48. The number of hydrogen-bond donors (Lipinski definition) is 1. The minimum Gasteiger partial charge on any atom is -0.324 e. The lowest BCUT2D eigenvalue weighted by molar-refractivity contribution is -0.117. The topological polar surface area (TPSA) is 68.4 Å². The molecule has 0 saturated carbocycles. The minimum atomic E-state index is -0.330. The van der Waals surface area contributed by atoms with Gasteiger partial charge >= 0.3 is 5.69 Å². The minimum absolute atomic E-state index is 0.120. The number of rotatable bonds is 3. The van der Waals surface area contributed by atoms with Gasteiger partial charge in [-0.1, -0.05) is 18.2 Å². The van der Waals surface area contributed by atoms with Crippen LogP contribution in [0.4, 0.5) is 5.69 Å². The normalized spacial score (nSPS) is 10.7. The molecule has 6 nitrogen and oxygen atoms in total. The Labute approximate surface area is 133 Å². The smallest absolute Gasteiger partial charge is 0.324 e. The van der Waals surface area contributed by atoms with Crippen LogP contribution in [0.25, 0.3) is 5.65 Å². The summed E-state index contributed by atoms with van der Waals surface area (Å²) in [6.45, 7) is -0.120. The highest BCUT2D eigenvalue weighted by atomic mass is 127. The van der Waals surface area contributed by atoms with Crippen LogP contribution in [0.3, 0.4) is 0 Å². The van der Waals surface area contributed by atoms with E-state index in [4.69, 9.17) is 0 Å². The zero-order chi connectivity index (χ0) is 14.8. The maximum absolute atomic E-state index is 12.1. The Kier molecular flexibility index (Phi) is 3.74. The number of aromatic nitrogens is 3. The third-order valence-electron chi connectivity index (χ3n) is 2.93.